The zero-order valence-corrected chi connectivity index (χ0v) is 14.6. The molecule has 3 N–H and O–H groups in total. The number of hydrogen-bond acceptors (Lipinski definition) is 2. The molecule has 1 saturated carbocycles. The second kappa shape index (κ2) is 7.70. The van der Waals surface area contributed by atoms with Crippen LogP contribution in [0.15, 0.2) is 47.1 Å². The number of nitrogens with two attached hydrogens (primary N) is 1. The second-order valence-corrected chi connectivity index (χ2v) is 6.89. The standard InChI is InChI=1S/C18H20BrN3O/c19-13-11-16(18(23)22-15-9-5-2-6-10-15)17(20-12-13)21-14-7-3-1-4-8-14/h2,5-6,9-12,14H,1,3-4,7-8H2,(H,20,21)(H,22,23)/p+1. The molecule has 0 radical (unpaired) electrons. The fourth-order valence-electron chi connectivity index (χ4n) is 3.01. The number of para-hydroxylation sites is 1. The quantitative estimate of drug-likeness (QED) is 0.858. The largest absolute Gasteiger partial charge is 0.322 e. The van der Waals surface area contributed by atoms with Crippen LogP contribution in [-0.4, -0.2) is 16.9 Å². The number of pyridine rings is 1. The third kappa shape index (κ3) is 4.39. The van der Waals surface area contributed by atoms with Crippen LogP contribution >= 0.6 is 15.9 Å². The van der Waals surface area contributed by atoms with Crippen molar-refractivity contribution in [2.24, 2.45) is 0 Å². The van der Waals surface area contributed by atoms with Crippen molar-refractivity contribution in [2.45, 2.75) is 38.1 Å². The summed E-state index contributed by atoms with van der Waals surface area (Å²) in [6.07, 6.45) is 7.99. The highest BCUT2D eigenvalue weighted by Gasteiger charge is 2.22. The van der Waals surface area contributed by atoms with E-state index in [9.17, 15) is 4.79 Å². The minimum Gasteiger partial charge on any atom is -0.322 e. The minimum atomic E-state index is -0.118. The first-order valence-corrected chi connectivity index (χ1v) is 8.88. The lowest BCUT2D eigenvalue weighted by molar-refractivity contribution is -0.617. The molecule has 1 aliphatic rings. The van der Waals surface area contributed by atoms with Gasteiger partial charge in [0.2, 0.25) is 5.82 Å². The Labute approximate surface area is 144 Å². The number of benzene rings is 1. The van der Waals surface area contributed by atoms with Gasteiger partial charge in [-0.1, -0.05) is 24.6 Å². The first kappa shape index (κ1) is 16.1. The summed E-state index contributed by atoms with van der Waals surface area (Å²) in [7, 11) is 0. The molecule has 23 heavy (non-hydrogen) atoms. The van der Waals surface area contributed by atoms with E-state index >= 15 is 0 Å². The van der Waals surface area contributed by atoms with E-state index in [-0.39, 0.29) is 5.91 Å². The number of nitrogens with zero attached hydrogens (tertiary/aromatic N) is 1. The van der Waals surface area contributed by atoms with Gasteiger partial charge in [0.15, 0.2) is 0 Å². The SMILES string of the molecule is O=C(Nc1ccccc1)c1cc(Br)cnc1[NH2+]C1CCCCC1. The van der Waals surface area contributed by atoms with Gasteiger partial charge >= 0.3 is 0 Å². The van der Waals surface area contributed by atoms with E-state index in [0.717, 1.165) is 16.0 Å². The maximum atomic E-state index is 12.6. The number of hydrogen-bond donors (Lipinski definition) is 2. The molecule has 0 bridgehead atoms. The van der Waals surface area contributed by atoms with E-state index in [1.165, 1.54) is 32.1 Å². The Hall–Kier alpha value is -1.72. The number of carbonyl (C=O) groups is 1. The Bertz CT molecular complexity index is 669. The van der Waals surface area contributed by atoms with Crippen LogP contribution in [0.4, 0.5) is 11.5 Å². The molecule has 0 unspecified atom stereocenters. The lowest BCUT2D eigenvalue weighted by Gasteiger charge is -2.20. The minimum absolute atomic E-state index is 0.118. The summed E-state index contributed by atoms with van der Waals surface area (Å²) in [5.74, 6) is 0.667. The van der Waals surface area contributed by atoms with Crippen molar-refractivity contribution in [1.29, 1.82) is 0 Å². The molecular weight excluding hydrogens is 354 g/mol. The van der Waals surface area contributed by atoms with Crippen LogP contribution < -0.4 is 10.6 Å². The van der Waals surface area contributed by atoms with Crippen molar-refractivity contribution in [3.05, 3.63) is 52.6 Å². The van der Waals surface area contributed by atoms with Crippen LogP contribution in [0.5, 0.6) is 0 Å². The molecule has 1 heterocycles. The van der Waals surface area contributed by atoms with Crippen LogP contribution in [0.1, 0.15) is 42.5 Å². The third-order valence-corrected chi connectivity index (χ3v) is 4.64. The summed E-state index contributed by atoms with van der Waals surface area (Å²) in [6, 6.07) is 11.9. The van der Waals surface area contributed by atoms with Gasteiger partial charge in [0.25, 0.3) is 5.91 Å². The molecule has 3 rings (SSSR count). The highest BCUT2D eigenvalue weighted by molar-refractivity contribution is 9.10. The number of aromatic nitrogens is 1. The molecule has 0 atom stereocenters. The maximum absolute atomic E-state index is 12.6. The van der Waals surface area contributed by atoms with Gasteiger partial charge in [-0.15, -0.1) is 0 Å². The van der Waals surface area contributed by atoms with E-state index in [1.54, 1.807) is 6.20 Å². The first-order valence-electron chi connectivity index (χ1n) is 8.09. The molecule has 4 nitrogen and oxygen atoms in total. The Balaban J connectivity index is 1.79. The van der Waals surface area contributed by atoms with Gasteiger partial charge < -0.3 is 5.32 Å². The van der Waals surface area contributed by atoms with Gasteiger partial charge in [-0.3, -0.25) is 10.1 Å². The summed E-state index contributed by atoms with van der Waals surface area (Å²) in [6.45, 7) is 0. The van der Waals surface area contributed by atoms with Crippen LogP contribution in [0.3, 0.4) is 0 Å². The summed E-state index contributed by atoms with van der Waals surface area (Å²) < 4.78 is 0.816. The summed E-state index contributed by atoms with van der Waals surface area (Å²) in [5.41, 5.74) is 1.41. The number of amides is 1. The van der Waals surface area contributed by atoms with Gasteiger partial charge in [-0.05, 0) is 59.8 Å². The second-order valence-electron chi connectivity index (χ2n) is 5.97. The summed E-state index contributed by atoms with van der Waals surface area (Å²) in [4.78, 5) is 17.1. The monoisotopic (exact) mass is 374 g/mol. The van der Waals surface area contributed by atoms with Crippen LogP contribution in [0.25, 0.3) is 0 Å². The number of halogens is 1. The predicted octanol–water partition coefficient (Wildman–Crippen LogP) is 3.62. The van der Waals surface area contributed by atoms with E-state index in [2.05, 4.69) is 31.5 Å². The van der Waals surface area contributed by atoms with E-state index < -0.39 is 0 Å². The zero-order valence-electron chi connectivity index (χ0n) is 13.0. The van der Waals surface area contributed by atoms with Gasteiger partial charge in [-0.25, -0.2) is 4.98 Å². The molecule has 1 fully saturated rings. The summed E-state index contributed by atoms with van der Waals surface area (Å²) >= 11 is 3.42. The molecule has 1 aromatic heterocycles. The Morgan fingerprint density at radius 2 is 1.91 bits per heavy atom. The third-order valence-electron chi connectivity index (χ3n) is 4.20. The van der Waals surface area contributed by atoms with Crippen molar-refractivity contribution < 1.29 is 10.1 Å². The zero-order chi connectivity index (χ0) is 16.1. The van der Waals surface area contributed by atoms with Crippen molar-refractivity contribution in [3.63, 3.8) is 0 Å². The molecule has 1 aromatic carbocycles. The lowest BCUT2D eigenvalue weighted by atomic mass is 9.95. The molecule has 1 amide bonds. The number of nitrogens with one attached hydrogen (secondary N) is 1. The van der Waals surface area contributed by atoms with E-state index in [4.69, 9.17) is 0 Å². The number of quaternary nitrogens is 1. The number of carbonyl (C=O) groups excluding carboxylic acids is 1. The van der Waals surface area contributed by atoms with Crippen LogP contribution in [-0.2, 0) is 0 Å². The molecule has 0 spiro atoms. The lowest BCUT2D eigenvalue weighted by Crippen LogP contribution is -2.85. The maximum Gasteiger partial charge on any atom is 0.263 e. The Morgan fingerprint density at radius 3 is 2.65 bits per heavy atom. The van der Waals surface area contributed by atoms with Crippen molar-refractivity contribution in [1.82, 2.24) is 4.98 Å². The average Bonchev–Trinajstić information content (AvgIpc) is 2.58. The highest BCUT2D eigenvalue weighted by Crippen LogP contribution is 2.19. The highest BCUT2D eigenvalue weighted by atomic mass is 79.9. The Morgan fingerprint density at radius 1 is 1.17 bits per heavy atom. The van der Waals surface area contributed by atoms with Gasteiger partial charge in [0.1, 0.15) is 5.56 Å². The number of rotatable bonds is 4. The van der Waals surface area contributed by atoms with Gasteiger partial charge in [0, 0.05) is 16.4 Å². The summed E-state index contributed by atoms with van der Waals surface area (Å²) in [5, 5.41) is 5.12. The predicted molar refractivity (Wildman–Crippen MR) is 94.8 cm³/mol. The first-order chi connectivity index (χ1) is 11.2. The average molecular weight is 375 g/mol. The smallest absolute Gasteiger partial charge is 0.263 e. The molecule has 5 heteroatoms. The van der Waals surface area contributed by atoms with Gasteiger partial charge in [0.05, 0.1) is 6.04 Å². The van der Waals surface area contributed by atoms with Crippen LogP contribution in [0.2, 0.25) is 0 Å². The fourth-order valence-corrected chi connectivity index (χ4v) is 3.34. The van der Waals surface area contributed by atoms with Crippen molar-refractivity contribution in [2.75, 3.05) is 5.32 Å². The van der Waals surface area contributed by atoms with E-state index in [0.29, 0.717) is 11.6 Å². The molecule has 2 aromatic rings. The van der Waals surface area contributed by atoms with Crippen molar-refractivity contribution in [3.8, 4) is 0 Å². The molecule has 1 aliphatic carbocycles. The molecule has 0 aliphatic heterocycles. The fraction of sp³-hybridized carbons (Fsp3) is 0.333. The van der Waals surface area contributed by atoms with Crippen molar-refractivity contribution >= 4 is 33.3 Å². The normalized spacial score (nSPS) is 15.3. The molecular formula is C18H21BrN3O+. The number of anilines is 1. The topological polar surface area (TPSA) is 58.6 Å². The molecule has 0 saturated heterocycles. The Kier molecular flexibility index (Phi) is 5.41. The van der Waals surface area contributed by atoms with Crippen LogP contribution in [0, 0.1) is 0 Å². The molecule has 120 valence electrons. The van der Waals surface area contributed by atoms with E-state index in [1.807, 2.05) is 36.4 Å². The van der Waals surface area contributed by atoms with Gasteiger partial charge in [-0.2, -0.15) is 0 Å².